The Labute approximate surface area is 126 Å². The Balaban J connectivity index is 3.07. The third-order valence-electron chi connectivity index (χ3n) is 2.73. The molecule has 116 valence electrons. The van der Waals surface area contributed by atoms with Crippen molar-refractivity contribution >= 4 is 23.5 Å². The molecule has 0 unspecified atom stereocenters. The first-order valence-corrected chi connectivity index (χ1v) is 6.76. The van der Waals surface area contributed by atoms with E-state index in [4.69, 9.17) is 16.3 Å². The van der Waals surface area contributed by atoms with Gasteiger partial charge in [-0.15, -0.1) is 0 Å². The molecule has 1 aromatic rings. The highest BCUT2D eigenvalue weighted by Gasteiger charge is 2.25. The molecule has 0 radical (unpaired) electrons. The van der Waals surface area contributed by atoms with Crippen LogP contribution in [-0.4, -0.2) is 36.0 Å². The maximum atomic E-state index is 13.8. The maximum absolute atomic E-state index is 13.8. The van der Waals surface area contributed by atoms with Crippen molar-refractivity contribution in [3.8, 4) is 0 Å². The van der Waals surface area contributed by atoms with E-state index in [0.717, 1.165) is 17.0 Å². The van der Waals surface area contributed by atoms with Gasteiger partial charge in [0.1, 0.15) is 18.2 Å². The minimum Gasteiger partial charge on any atom is -0.465 e. The molecule has 0 aliphatic carbocycles. The van der Waals surface area contributed by atoms with Crippen molar-refractivity contribution in [1.29, 1.82) is 0 Å². The lowest BCUT2D eigenvalue weighted by molar-refractivity contribution is -0.144. The molecule has 7 heteroatoms. The minimum absolute atomic E-state index is 0.170. The van der Waals surface area contributed by atoms with Crippen molar-refractivity contribution in [3.63, 3.8) is 0 Å². The van der Waals surface area contributed by atoms with Crippen LogP contribution in [0.2, 0.25) is 5.02 Å². The quantitative estimate of drug-likeness (QED) is 0.619. The molecule has 0 aliphatic rings. The monoisotopic (exact) mass is 319 g/mol. The van der Waals surface area contributed by atoms with Crippen LogP contribution in [-0.2, 0) is 9.53 Å². The van der Waals surface area contributed by atoms with Crippen LogP contribution in [0.25, 0.3) is 0 Å². The van der Waals surface area contributed by atoms with Crippen LogP contribution in [0.5, 0.6) is 0 Å². The van der Waals surface area contributed by atoms with Crippen LogP contribution in [0.3, 0.4) is 0 Å². The summed E-state index contributed by atoms with van der Waals surface area (Å²) in [5.74, 6) is -3.26. The summed E-state index contributed by atoms with van der Waals surface area (Å²) in [6.07, 6.45) is 0. The normalized spacial score (nSPS) is 10.6. The fourth-order valence-corrected chi connectivity index (χ4v) is 1.83. The Morgan fingerprint density at radius 3 is 2.43 bits per heavy atom. The molecule has 0 spiro atoms. The Kier molecular flexibility index (Phi) is 6.08. The molecule has 4 nitrogen and oxygen atoms in total. The molecule has 0 aromatic heterocycles. The summed E-state index contributed by atoms with van der Waals surface area (Å²) in [7, 11) is 0. The van der Waals surface area contributed by atoms with E-state index in [1.807, 2.05) is 0 Å². The van der Waals surface area contributed by atoms with E-state index >= 15 is 0 Å². The van der Waals surface area contributed by atoms with Gasteiger partial charge < -0.3 is 9.64 Å². The summed E-state index contributed by atoms with van der Waals surface area (Å²) in [5.41, 5.74) is -0.477. The number of benzene rings is 1. The van der Waals surface area contributed by atoms with Gasteiger partial charge in [0, 0.05) is 6.04 Å². The molecule has 0 fully saturated rings. The molecule has 0 saturated carbocycles. The van der Waals surface area contributed by atoms with Crippen LogP contribution in [0.1, 0.15) is 31.1 Å². The van der Waals surface area contributed by atoms with E-state index in [1.54, 1.807) is 20.8 Å². The summed E-state index contributed by atoms with van der Waals surface area (Å²) in [5, 5.41) is -0.412. The molecule has 0 atom stereocenters. The van der Waals surface area contributed by atoms with Gasteiger partial charge in [0.25, 0.3) is 5.91 Å². The van der Waals surface area contributed by atoms with E-state index in [0.29, 0.717) is 0 Å². The summed E-state index contributed by atoms with van der Waals surface area (Å²) < 4.78 is 31.9. The topological polar surface area (TPSA) is 46.6 Å². The Morgan fingerprint density at radius 1 is 1.29 bits per heavy atom. The number of amides is 1. The number of carbonyl (C=O) groups is 2. The summed E-state index contributed by atoms with van der Waals surface area (Å²) in [4.78, 5) is 24.9. The van der Waals surface area contributed by atoms with Gasteiger partial charge in [0.2, 0.25) is 0 Å². The van der Waals surface area contributed by atoms with Gasteiger partial charge in [-0.25, -0.2) is 8.78 Å². The number of ether oxygens (including phenoxy) is 1. The number of halogens is 3. The molecule has 0 bridgehead atoms. The fourth-order valence-electron chi connectivity index (χ4n) is 1.68. The molecule has 0 saturated heterocycles. The van der Waals surface area contributed by atoms with Gasteiger partial charge in [-0.2, -0.15) is 0 Å². The SMILES string of the molecule is CCOC(=O)CN(C(=O)c1cc(F)c(Cl)cc1F)C(C)C. The van der Waals surface area contributed by atoms with Gasteiger partial charge in [-0.1, -0.05) is 11.6 Å². The Hall–Kier alpha value is -1.69. The second-order valence-electron chi connectivity index (χ2n) is 4.58. The zero-order valence-corrected chi connectivity index (χ0v) is 12.7. The number of hydrogen-bond acceptors (Lipinski definition) is 3. The average molecular weight is 320 g/mol. The largest absolute Gasteiger partial charge is 0.465 e. The number of rotatable bonds is 5. The van der Waals surface area contributed by atoms with Crippen molar-refractivity contribution in [3.05, 3.63) is 34.4 Å². The molecule has 1 amide bonds. The number of hydrogen-bond donors (Lipinski definition) is 0. The molecule has 0 N–H and O–H groups in total. The van der Waals surface area contributed by atoms with Gasteiger partial charge in [-0.05, 0) is 32.9 Å². The predicted molar refractivity (Wildman–Crippen MR) is 74.2 cm³/mol. The predicted octanol–water partition coefficient (Wildman–Crippen LogP) is 3.03. The molecule has 0 heterocycles. The number of carbonyl (C=O) groups excluding carboxylic acids is 2. The standard InChI is InChI=1S/C14H16ClF2NO3/c1-4-21-13(19)7-18(8(2)3)14(20)9-5-12(17)10(15)6-11(9)16/h5-6,8H,4,7H2,1-3H3. The molecular weight excluding hydrogens is 304 g/mol. The molecule has 21 heavy (non-hydrogen) atoms. The lowest BCUT2D eigenvalue weighted by Gasteiger charge is -2.26. The zero-order chi connectivity index (χ0) is 16.2. The van der Waals surface area contributed by atoms with Crippen LogP contribution < -0.4 is 0 Å². The van der Waals surface area contributed by atoms with Crippen molar-refractivity contribution in [2.75, 3.05) is 13.2 Å². The van der Waals surface area contributed by atoms with Crippen molar-refractivity contribution in [2.45, 2.75) is 26.8 Å². The highest BCUT2D eigenvalue weighted by atomic mass is 35.5. The molecule has 1 aromatic carbocycles. The van der Waals surface area contributed by atoms with Crippen LogP contribution >= 0.6 is 11.6 Å². The van der Waals surface area contributed by atoms with Crippen molar-refractivity contribution < 1.29 is 23.1 Å². The smallest absolute Gasteiger partial charge is 0.325 e. The Morgan fingerprint density at radius 2 is 1.90 bits per heavy atom. The van der Waals surface area contributed by atoms with Crippen LogP contribution in [0.4, 0.5) is 8.78 Å². The second kappa shape index (κ2) is 7.36. The summed E-state index contributed by atoms with van der Waals surface area (Å²) in [6, 6.07) is 1.06. The number of esters is 1. The minimum atomic E-state index is -0.944. The van der Waals surface area contributed by atoms with Gasteiger partial charge in [0.15, 0.2) is 0 Å². The third-order valence-corrected chi connectivity index (χ3v) is 3.02. The van der Waals surface area contributed by atoms with Gasteiger partial charge in [-0.3, -0.25) is 9.59 Å². The van der Waals surface area contributed by atoms with Crippen LogP contribution in [0, 0.1) is 11.6 Å². The van der Waals surface area contributed by atoms with Crippen molar-refractivity contribution in [1.82, 2.24) is 4.90 Å². The Bertz CT molecular complexity index is 549. The molecular formula is C14H16ClF2NO3. The number of nitrogens with zero attached hydrogens (tertiary/aromatic N) is 1. The second-order valence-corrected chi connectivity index (χ2v) is 4.99. The summed E-state index contributed by atoms with van der Waals surface area (Å²) in [6.45, 7) is 4.77. The van der Waals surface area contributed by atoms with Crippen molar-refractivity contribution in [2.24, 2.45) is 0 Å². The van der Waals surface area contributed by atoms with E-state index in [9.17, 15) is 18.4 Å². The van der Waals surface area contributed by atoms with E-state index in [-0.39, 0.29) is 19.2 Å². The highest BCUT2D eigenvalue weighted by Crippen LogP contribution is 2.21. The lowest BCUT2D eigenvalue weighted by Crippen LogP contribution is -2.41. The maximum Gasteiger partial charge on any atom is 0.325 e. The first kappa shape index (κ1) is 17.4. The van der Waals surface area contributed by atoms with Gasteiger partial charge >= 0.3 is 5.97 Å². The molecule has 1 rings (SSSR count). The van der Waals surface area contributed by atoms with Gasteiger partial charge in [0.05, 0.1) is 17.2 Å². The summed E-state index contributed by atoms with van der Waals surface area (Å²) >= 11 is 5.44. The highest BCUT2D eigenvalue weighted by molar-refractivity contribution is 6.30. The van der Waals surface area contributed by atoms with E-state index in [2.05, 4.69) is 0 Å². The van der Waals surface area contributed by atoms with E-state index in [1.165, 1.54) is 0 Å². The van der Waals surface area contributed by atoms with Crippen LogP contribution in [0.15, 0.2) is 12.1 Å². The first-order chi connectivity index (χ1) is 9.77. The average Bonchev–Trinajstić information content (AvgIpc) is 2.39. The fraction of sp³-hybridized carbons (Fsp3) is 0.429. The molecule has 0 aliphatic heterocycles. The lowest BCUT2D eigenvalue weighted by atomic mass is 10.1. The zero-order valence-electron chi connectivity index (χ0n) is 12.0. The first-order valence-electron chi connectivity index (χ1n) is 6.39. The van der Waals surface area contributed by atoms with E-state index < -0.39 is 34.1 Å². The third kappa shape index (κ3) is 4.39.